The second-order valence-corrected chi connectivity index (χ2v) is 7.35. The minimum Gasteiger partial charge on any atom is -0.326 e. The molecule has 0 unspecified atom stereocenters. The Bertz CT molecular complexity index is 909. The van der Waals surface area contributed by atoms with Gasteiger partial charge in [-0.25, -0.2) is 0 Å². The minimum atomic E-state index is -0.513. The molecule has 2 amide bonds. The van der Waals surface area contributed by atoms with Crippen LogP contribution in [0.3, 0.4) is 0 Å². The summed E-state index contributed by atoms with van der Waals surface area (Å²) in [5.41, 5.74) is 3.81. The van der Waals surface area contributed by atoms with Crippen LogP contribution in [-0.4, -0.2) is 28.4 Å². The van der Waals surface area contributed by atoms with Crippen molar-refractivity contribution < 1.29 is 9.59 Å². The minimum absolute atomic E-state index is 0.0747. The van der Waals surface area contributed by atoms with Gasteiger partial charge in [0.2, 0.25) is 11.8 Å². The van der Waals surface area contributed by atoms with E-state index in [2.05, 4.69) is 20.8 Å². The van der Waals surface area contributed by atoms with Gasteiger partial charge in [0.1, 0.15) is 5.25 Å². The van der Waals surface area contributed by atoms with E-state index in [4.69, 9.17) is 0 Å². The molecular weight excluding hydrogens is 360 g/mol. The van der Waals surface area contributed by atoms with E-state index >= 15 is 0 Å². The van der Waals surface area contributed by atoms with E-state index in [0.29, 0.717) is 5.17 Å². The Balaban J connectivity index is 1.57. The van der Waals surface area contributed by atoms with Crippen molar-refractivity contribution in [2.24, 2.45) is 10.2 Å². The van der Waals surface area contributed by atoms with Gasteiger partial charge in [-0.1, -0.05) is 54.2 Å². The van der Waals surface area contributed by atoms with Gasteiger partial charge >= 0.3 is 0 Å². The number of hydrogen-bond donors (Lipinski definition) is 2. The first kappa shape index (κ1) is 18.8. The highest BCUT2D eigenvalue weighted by atomic mass is 32.2. The maximum atomic E-state index is 12.3. The van der Waals surface area contributed by atoms with Crippen LogP contribution in [0.2, 0.25) is 0 Å². The van der Waals surface area contributed by atoms with Crippen molar-refractivity contribution in [3.8, 4) is 0 Å². The lowest BCUT2D eigenvalue weighted by atomic mass is 10.1. The summed E-state index contributed by atoms with van der Waals surface area (Å²) in [7, 11) is 0. The standard InChI is InChI=1S/C20H20N4O2S/c1-13-7-6-10-16(14(13)2)22-18(25)11-17-19(26)23-20(27-17)24-21-12-15-8-4-3-5-9-15/h3-10,12,17H,11H2,1-2H3,(H,22,25)(H,23,24,26)/b21-12+/t17-/m0/s1. The van der Waals surface area contributed by atoms with Gasteiger partial charge in [-0.3, -0.25) is 9.59 Å². The van der Waals surface area contributed by atoms with Crippen LogP contribution in [0.15, 0.2) is 58.7 Å². The molecule has 0 aromatic heterocycles. The lowest BCUT2D eigenvalue weighted by Gasteiger charge is -2.11. The zero-order chi connectivity index (χ0) is 19.2. The van der Waals surface area contributed by atoms with Crippen LogP contribution in [0.4, 0.5) is 5.69 Å². The van der Waals surface area contributed by atoms with Crippen LogP contribution in [0.5, 0.6) is 0 Å². The summed E-state index contributed by atoms with van der Waals surface area (Å²) in [4.78, 5) is 24.4. The Hall–Kier alpha value is -2.93. The Morgan fingerprint density at radius 3 is 2.74 bits per heavy atom. The molecule has 1 aliphatic rings. The van der Waals surface area contributed by atoms with E-state index in [-0.39, 0.29) is 18.2 Å². The Labute approximate surface area is 162 Å². The van der Waals surface area contributed by atoms with E-state index in [0.717, 1.165) is 22.4 Å². The van der Waals surface area contributed by atoms with E-state index in [9.17, 15) is 9.59 Å². The molecule has 2 aromatic carbocycles. The van der Waals surface area contributed by atoms with Crippen molar-refractivity contribution in [2.75, 3.05) is 5.32 Å². The number of carbonyl (C=O) groups is 2. The van der Waals surface area contributed by atoms with E-state index in [1.165, 1.54) is 11.8 Å². The van der Waals surface area contributed by atoms with Crippen LogP contribution in [0.25, 0.3) is 0 Å². The summed E-state index contributed by atoms with van der Waals surface area (Å²) in [5.74, 6) is -0.435. The van der Waals surface area contributed by atoms with Crippen LogP contribution in [0.1, 0.15) is 23.1 Å². The summed E-state index contributed by atoms with van der Waals surface area (Å²) in [6, 6.07) is 15.3. The number of hydrogen-bond acceptors (Lipinski definition) is 5. The smallest absolute Gasteiger partial charge is 0.240 e. The number of amidine groups is 1. The first-order valence-corrected chi connectivity index (χ1v) is 9.40. The maximum Gasteiger partial charge on any atom is 0.240 e. The summed E-state index contributed by atoms with van der Waals surface area (Å²) < 4.78 is 0. The maximum absolute atomic E-state index is 12.3. The Morgan fingerprint density at radius 2 is 1.96 bits per heavy atom. The number of carbonyl (C=O) groups excluding carboxylic acids is 2. The largest absolute Gasteiger partial charge is 0.326 e. The number of amides is 2. The average Bonchev–Trinajstić information content (AvgIpc) is 2.99. The lowest BCUT2D eigenvalue weighted by Crippen LogP contribution is -2.28. The number of rotatable bonds is 5. The van der Waals surface area contributed by atoms with Gasteiger partial charge in [-0.15, -0.1) is 5.10 Å². The molecule has 1 atom stereocenters. The molecule has 6 nitrogen and oxygen atoms in total. The van der Waals surface area contributed by atoms with Gasteiger partial charge < -0.3 is 10.6 Å². The third kappa shape index (κ3) is 5.04. The van der Waals surface area contributed by atoms with Crippen molar-refractivity contribution in [2.45, 2.75) is 25.5 Å². The van der Waals surface area contributed by atoms with Crippen molar-refractivity contribution >= 4 is 40.6 Å². The van der Waals surface area contributed by atoms with Gasteiger partial charge in [0.25, 0.3) is 0 Å². The van der Waals surface area contributed by atoms with Gasteiger partial charge in [0, 0.05) is 12.1 Å². The number of aryl methyl sites for hydroxylation is 1. The zero-order valence-electron chi connectivity index (χ0n) is 15.1. The first-order valence-electron chi connectivity index (χ1n) is 8.52. The fourth-order valence-corrected chi connectivity index (χ4v) is 3.45. The molecule has 0 aliphatic carbocycles. The zero-order valence-corrected chi connectivity index (χ0v) is 15.9. The molecule has 1 heterocycles. The monoisotopic (exact) mass is 380 g/mol. The molecule has 138 valence electrons. The quantitative estimate of drug-likeness (QED) is 0.617. The predicted molar refractivity (Wildman–Crippen MR) is 110 cm³/mol. The second-order valence-electron chi connectivity index (χ2n) is 6.16. The molecule has 27 heavy (non-hydrogen) atoms. The topological polar surface area (TPSA) is 82.9 Å². The Morgan fingerprint density at radius 1 is 1.19 bits per heavy atom. The second kappa shape index (κ2) is 8.64. The molecule has 2 aromatic rings. The van der Waals surface area contributed by atoms with Crippen LogP contribution in [-0.2, 0) is 9.59 Å². The molecule has 0 bridgehead atoms. The van der Waals surface area contributed by atoms with E-state index in [1.807, 2.05) is 62.4 Å². The highest BCUT2D eigenvalue weighted by Gasteiger charge is 2.32. The van der Waals surface area contributed by atoms with Crippen LogP contribution in [0, 0.1) is 13.8 Å². The highest BCUT2D eigenvalue weighted by Crippen LogP contribution is 2.24. The molecule has 3 rings (SSSR count). The Kier molecular flexibility index (Phi) is 6.03. The molecule has 1 aliphatic heterocycles. The van der Waals surface area contributed by atoms with Crippen molar-refractivity contribution in [1.82, 2.24) is 5.32 Å². The SMILES string of the molecule is Cc1cccc(NC(=O)C[C@@H]2S/C(=N/N=C/c3ccccc3)NC2=O)c1C. The normalized spacial score (nSPS) is 18.1. The highest BCUT2D eigenvalue weighted by molar-refractivity contribution is 8.15. The lowest BCUT2D eigenvalue weighted by molar-refractivity contribution is -0.122. The molecular formula is C20H20N4O2S. The van der Waals surface area contributed by atoms with Crippen LogP contribution >= 0.6 is 11.8 Å². The van der Waals surface area contributed by atoms with Crippen LogP contribution < -0.4 is 10.6 Å². The first-order chi connectivity index (χ1) is 13.0. The predicted octanol–water partition coefficient (Wildman–Crippen LogP) is 3.25. The number of nitrogens with one attached hydrogen (secondary N) is 2. The van der Waals surface area contributed by atoms with Gasteiger partial charge in [-0.2, -0.15) is 5.10 Å². The molecule has 7 heteroatoms. The summed E-state index contributed by atoms with van der Waals surface area (Å²) in [6.45, 7) is 3.95. The van der Waals surface area contributed by atoms with Crippen molar-refractivity contribution in [3.05, 3.63) is 65.2 Å². The van der Waals surface area contributed by atoms with Gasteiger partial charge in [0.05, 0.1) is 6.21 Å². The van der Waals surface area contributed by atoms with E-state index < -0.39 is 5.25 Å². The molecule has 0 spiro atoms. The molecule has 0 saturated carbocycles. The van der Waals surface area contributed by atoms with Crippen molar-refractivity contribution in [1.29, 1.82) is 0 Å². The third-order valence-electron chi connectivity index (χ3n) is 4.18. The van der Waals surface area contributed by atoms with E-state index in [1.54, 1.807) is 6.21 Å². The average molecular weight is 380 g/mol. The summed E-state index contributed by atoms with van der Waals surface area (Å²) >= 11 is 1.21. The van der Waals surface area contributed by atoms with Gasteiger partial charge in [-0.05, 0) is 36.6 Å². The fourth-order valence-electron chi connectivity index (χ4n) is 2.53. The van der Waals surface area contributed by atoms with Gasteiger partial charge in [0.15, 0.2) is 5.17 Å². The molecule has 0 radical (unpaired) electrons. The fraction of sp³-hybridized carbons (Fsp3) is 0.200. The molecule has 1 fully saturated rings. The number of anilines is 1. The molecule has 1 saturated heterocycles. The number of thioether (sulfide) groups is 1. The summed E-state index contributed by atoms with van der Waals surface area (Å²) in [6.07, 6.45) is 1.69. The van der Waals surface area contributed by atoms with Crippen molar-refractivity contribution in [3.63, 3.8) is 0 Å². The molecule has 2 N–H and O–H groups in total. The summed E-state index contributed by atoms with van der Waals surface area (Å²) in [5, 5.41) is 13.4. The number of benzene rings is 2. The number of nitrogens with zero attached hydrogens (tertiary/aromatic N) is 2. The third-order valence-corrected chi connectivity index (χ3v) is 5.25.